The summed E-state index contributed by atoms with van der Waals surface area (Å²) in [6, 6.07) is 2.84. The summed E-state index contributed by atoms with van der Waals surface area (Å²) in [4.78, 5) is 33.5. The largest absolute Gasteiger partial charge is 0.489 e. The molecular weight excluding hydrogens is 413 g/mol. The number of likely N-dealkylation sites (tertiary alicyclic amines) is 1. The minimum absolute atomic E-state index is 0.0497. The quantitative estimate of drug-likeness (QED) is 0.675. The van der Waals surface area contributed by atoms with Gasteiger partial charge in [0.15, 0.2) is 0 Å². The number of rotatable bonds is 4. The third kappa shape index (κ3) is 3.76. The predicted octanol–water partition coefficient (Wildman–Crippen LogP) is 2.88. The van der Waals surface area contributed by atoms with Crippen molar-refractivity contribution in [1.29, 1.82) is 0 Å². The van der Waals surface area contributed by atoms with Crippen molar-refractivity contribution in [3.05, 3.63) is 52.1 Å². The zero-order chi connectivity index (χ0) is 22.5. The van der Waals surface area contributed by atoms with Crippen molar-refractivity contribution in [2.24, 2.45) is 12.5 Å². The molecule has 2 aromatic heterocycles. The number of aromatic nitrogens is 4. The van der Waals surface area contributed by atoms with Crippen LogP contribution >= 0.6 is 0 Å². The SMILES string of the molecule is CC(=O)N1CCC2(CC1)CC(c1nc3cc(OCc4cnn(C)c4)cc(F)c3c(=O)[nH]1)C2. The van der Waals surface area contributed by atoms with Crippen LogP contribution in [0.15, 0.2) is 29.3 Å². The summed E-state index contributed by atoms with van der Waals surface area (Å²) in [5.74, 6) is 0.542. The highest BCUT2D eigenvalue weighted by Crippen LogP contribution is 2.56. The third-order valence-electron chi connectivity index (χ3n) is 6.93. The molecule has 5 rings (SSSR count). The van der Waals surface area contributed by atoms with Crippen molar-refractivity contribution in [2.75, 3.05) is 13.1 Å². The first-order chi connectivity index (χ1) is 15.3. The molecule has 3 aromatic rings. The van der Waals surface area contributed by atoms with E-state index in [0.717, 1.165) is 44.3 Å². The molecule has 3 heterocycles. The molecule has 2 fully saturated rings. The summed E-state index contributed by atoms with van der Waals surface area (Å²) in [7, 11) is 1.81. The van der Waals surface area contributed by atoms with E-state index in [-0.39, 0.29) is 29.2 Å². The Kier molecular flexibility index (Phi) is 4.98. The number of halogens is 1. The number of piperidine rings is 1. The molecule has 1 spiro atoms. The molecule has 1 amide bonds. The van der Waals surface area contributed by atoms with E-state index < -0.39 is 11.4 Å². The minimum atomic E-state index is -0.648. The van der Waals surface area contributed by atoms with Gasteiger partial charge in [-0.25, -0.2) is 9.37 Å². The van der Waals surface area contributed by atoms with Gasteiger partial charge in [0.1, 0.15) is 29.4 Å². The lowest BCUT2D eigenvalue weighted by molar-refractivity contribution is -0.132. The number of amides is 1. The fourth-order valence-corrected chi connectivity index (χ4v) is 5.09. The Morgan fingerprint density at radius 3 is 2.72 bits per heavy atom. The van der Waals surface area contributed by atoms with E-state index in [1.54, 1.807) is 23.9 Å². The lowest BCUT2D eigenvalue weighted by Gasteiger charge is -2.51. The molecule has 1 saturated heterocycles. The normalized spacial score (nSPS) is 18.2. The molecular formula is C23H26FN5O3. The number of hydrogen-bond acceptors (Lipinski definition) is 5. The van der Waals surface area contributed by atoms with Crippen molar-refractivity contribution < 1.29 is 13.9 Å². The Labute approximate surface area is 184 Å². The Morgan fingerprint density at radius 1 is 1.31 bits per heavy atom. The van der Waals surface area contributed by atoms with Gasteiger partial charge >= 0.3 is 0 Å². The molecule has 1 N–H and O–H groups in total. The van der Waals surface area contributed by atoms with Crippen molar-refractivity contribution in [3.63, 3.8) is 0 Å². The lowest BCUT2D eigenvalue weighted by atomic mass is 9.57. The Balaban J connectivity index is 1.34. The van der Waals surface area contributed by atoms with Gasteiger partial charge in [-0.2, -0.15) is 5.10 Å². The summed E-state index contributed by atoms with van der Waals surface area (Å²) in [5, 5.41) is 4.04. The molecule has 0 unspecified atom stereocenters. The molecule has 1 aromatic carbocycles. The van der Waals surface area contributed by atoms with E-state index in [4.69, 9.17) is 4.74 Å². The van der Waals surface area contributed by atoms with Crippen molar-refractivity contribution in [1.82, 2.24) is 24.6 Å². The molecule has 9 heteroatoms. The van der Waals surface area contributed by atoms with E-state index >= 15 is 0 Å². The van der Waals surface area contributed by atoms with Gasteiger partial charge in [-0.15, -0.1) is 0 Å². The number of nitrogens with zero attached hydrogens (tertiary/aromatic N) is 4. The van der Waals surface area contributed by atoms with E-state index in [2.05, 4.69) is 15.1 Å². The maximum Gasteiger partial charge on any atom is 0.261 e. The summed E-state index contributed by atoms with van der Waals surface area (Å²) < 4.78 is 22.1. The number of nitrogens with one attached hydrogen (secondary N) is 1. The number of carbonyl (C=O) groups is 1. The number of aromatic amines is 1. The van der Waals surface area contributed by atoms with Crippen LogP contribution < -0.4 is 10.3 Å². The Hall–Kier alpha value is -3.23. The standard InChI is InChI=1S/C23H26FN5O3/c1-14(30)29-5-3-23(4-6-29)9-16(10-23)21-26-19-8-17(7-18(24)20(19)22(31)27-21)32-13-15-11-25-28(2)12-15/h7-8,11-12,16H,3-6,9-10,13H2,1-2H3,(H,26,27,31). The average molecular weight is 439 g/mol. The first-order valence-corrected chi connectivity index (χ1v) is 10.9. The number of fused-ring (bicyclic) bond motifs is 1. The van der Waals surface area contributed by atoms with Gasteiger partial charge in [0.2, 0.25) is 5.91 Å². The molecule has 1 aliphatic heterocycles. The van der Waals surface area contributed by atoms with Gasteiger partial charge in [0, 0.05) is 56.9 Å². The lowest BCUT2D eigenvalue weighted by Crippen LogP contribution is -2.48. The van der Waals surface area contributed by atoms with E-state index in [0.29, 0.717) is 17.1 Å². The van der Waals surface area contributed by atoms with Crippen LogP contribution in [0.3, 0.4) is 0 Å². The van der Waals surface area contributed by atoms with Crippen molar-refractivity contribution in [3.8, 4) is 5.75 Å². The second-order valence-electron chi connectivity index (χ2n) is 9.17. The molecule has 0 radical (unpaired) electrons. The van der Waals surface area contributed by atoms with Crippen LogP contribution in [0.1, 0.15) is 49.9 Å². The maximum absolute atomic E-state index is 14.7. The minimum Gasteiger partial charge on any atom is -0.489 e. The van der Waals surface area contributed by atoms with Gasteiger partial charge in [0.05, 0.1) is 11.7 Å². The van der Waals surface area contributed by atoms with Crippen LogP contribution in [-0.2, 0) is 18.4 Å². The molecule has 32 heavy (non-hydrogen) atoms. The summed E-state index contributed by atoms with van der Waals surface area (Å²) in [6.45, 7) is 3.43. The van der Waals surface area contributed by atoms with Crippen molar-refractivity contribution >= 4 is 16.8 Å². The molecule has 0 bridgehead atoms. The van der Waals surface area contributed by atoms with Crippen molar-refractivity contribution in [2.45, 2.75) is 45.1 Å². The molecule has 8 nitrogen and oxygen atoms in total. The fourth-order valence-electron chi connectivity index (χ4n) is 5.09. The molecule has 2 aliphatic rings. The van der Waals surface area contributed by atoms with Gasteiger partial charge < -0.3 is 14.6 Å². The highest BCUT2D eigenvalue weighted by atomic mass is 19.1. The van der Waals surface area contributed by atoms with Gasteiger partial charge in [-0.05, 0) is 31.1 Å². The van der Waals surface area contributed by atoms with Crippen LogP contribution in [0.2, 0.25) is 0 Å². The summed E-state index contributed by atoms with van der Waals surface area (Å²) in [5.41, 5.74) is 0.915. The van der Waals surface area contributed by atoms with Crippen LogP contribution in [0.25, 0.3) is 10.9 Å². The molecule has 0 atom stereocenters. The zero-order valence-corrected chi connectivity index (χ0v) is 18.2. The first-order valence-electron chi connectivity index (χ1n) is 10.9. The number of benzene rings is 1. The number of aryl methyl sites for hydroxylation is 1. The number of carbonyl (C=O) groups excluding carboxylic acids is 1. The van der Waals surface area contributed by atoms with E-state index in [9.17, 15) is 14.0 Å². The number of H-pyrrole nitrogens is 1. The number of hydrogen-bond donors (Lipinski definition) is 1. The molecule has 168 valence electrons. The monoisotopic (exact) mass is 439 g/mol. The van der Waals surface area contributed by atoms with E-state index in [1.165, 1.54) is 6.07 Å². The van der Waals surface area contributed by atoms with Gasteiger partial charge in [-0.1, -0.05) is 0 Å². The predicted molar refractivity (Wildman–Crippen MR) is 116 cm³/mol. The third-order valence-corrected chi connectivity index (χ3v) is 6.93. The van der Waals surface area contributed by atoms with Crippen LogP contribution in [-0.4, -0.2) is 43.6 Å². The second kappa shape index (κ2) is 7.72. The topological polar surface area (TPSA) is 93.1 Å². The van der Waals surface area contributed by atoms with Crippen LogP contribution in [0, 0.1) is 11.2 Å². The summed E-state index contributed by atoms with van der Waals surface area (Å²) >= 11 is 0. The zero-order valence-electron chi connectivity index (χ0n) is 18.2. The second-order valence-corrected chi connectivity index (χ2v) is 9.17. The van der Waals surface area contributed by atoms with Crippen LogP contribution in [0.5, 0.6) is 5.75 Å². The molecule has 1 aliphatic carbocycles. The van der Waals surface area contributed by atoms with Gasteiger partial charge in [0.25, 0.3) is 5.56 Å². The van der Waals surface area contributed by atoms with Crippen LogP contribution in [0.4, 0.5) is 4.39 Å². The maximum atomic E-state index is 14.7. The fraction of sp³-hybridized carbons (Fsp3) is 0.478. The average Bonchev–Trinajstić information content (AvgIpc) is 3.15. The Bertz CT molecular complexity index is 1230. The molecule has 1 saturated carbocycles. The Morgan fingerprint density at radius 2 is 2.06 bits per heavy atom. The highest BCUT2D eigenvalue weighted by Gasteiger charge is 2.47. The number of ether oxygens (including phenoxy) is 1. The smallest absolute Gasteiger partial charge is 0.261 e. The highest BCUT2D eigenvalue weighted by molar-refractivity contribution is 5.80. The summed E-state index contributed by atoms with van der Waals surface area (Å²) in [6.07, 6.45) is 7.31. The van der Waals surface area contributed by atoms with E-state index in [1.807, 2.05) is 18.1 Å². The van der Waals surface area contributed by atoms with Gasteiger partial charge in [-0.3, -0.25) is 14.3 Å². The first kappa shape index (κ1) is 20.7.